The van der Waals surface area contributed by atoms with Gasteiger partial charge in [0.1, 0.15) is 11.4 Å². The molecular weight excluding hydrogens is 322 g/mol. The fourth-order valence-corrected chi connectivity index (χ4v) is 3.00. The standard InChI is InChI=1S/C17H17N5O3/c1-9-19-16(22-25-9)15-20-13-7-11(8-18-17(23)14(13)21-15)10-4-3-5-12(6-10)24-2/h3-6,11H,7-8H2,1-2H3,(H,18,23)(H,20,21)/t11-/m0/s1. The highest BCUT2D eigenvalue weighted by Gasteiger charge is 2.27. The maximum absolute atomic E-state index is 12.4. The van der Waals surface area contributed by atoms with E-state index in [4.69, 9.17) is 9.26 Å². The molecule has 0 bridgehead atoms. The summed E-state index contributed by atoms with van der Waals surface area (Å²) < 4.78 is 10.3. The minimum absolute atomic E-state index is 0.112. The molecule has 25 heavy (non-hydrogen) atoms. The molecule has 1 aliphatic heterocycles. The second-order valence-electron chi connectivity index (χ2n) is 5.94. The van der Waals surface area contributed by atoms with Crippen molar-refractivity contribution in [3.63, 3.8) is 0 Å². The van der Waals surface area contributed by atoms with Crippen molar-refractivity contribution in [3.05, 3.63) is 47.1 Å². The van der Waals surface area contributed by atoms with E-state index in [1.807, 2.05) is 24.3 Å². The number of carbonyl (C=O) groups excluding carboxylic acids is 1. The molecule has 3 aromatic rings. The predicted octanol–water partition coefficient (Wildman–Crippen LogP) is 1.85. The lowest BCUT2D eigenvalue weighted by atomic mass is 9.94. The Morgan fingerprint density at radius 3 is 2.96 bits per heavy atom. The zero-order valence-corrected chi connectivity index (χ0v) is 13.9. The molecule has 0 fully saturated rings. The number of aromatic nitrogens is 4. The van der Waals surface area contributed by atoms with Gasteiger partial charge in [0.2, 0.25) is 11.7 Å². The van der Waals surface area contributed by atoms with Gasteiger partial charge in [-0.25, -0.2) is 4.98 Å². The number of H-pyrrole nitrogens is 1. The summed E-state index contributed by atoms with van der Waals surface area (Å²) in [5, 5.41) is 6.78. The van der Waals surface area contributed by atoms with E-state index in [9.17, 15) is 4.79 Å². The molecule has 4 rings (SSSR count). The van der Waals surface area contributed by atoms with E-state index in [-0.39, 0.29) is 11.8 Å². The molecular formula is C17H17N5O3. The van der Waals surface area contributed by atoms with E-state index < -0.39 is 0 Å². The van der Waals surface area contributed by atoms with E-state index in [1.54, 1.807) is 14.0 Å². The number of hydrogen-bond donors (Lipinski definition) is 2. The fraction of sp³-hybridized carbons (Fsp3) is 0.294. The number of rotatable bonds is 3. The zero-order chi connectivity index (χ0) is 17.4. The van der Waals surface area contributed by atoms with E-state index in [0.717, 1.165) is 17.0 Å². The molecule has 2 N–H and O–H groups in total. The lowest BCUT2D eigenvalue weighted by molar-refractivity contribution is 0.0950. The Bertz CT molecular complexity index is 930. The van der Waals surface area contributed by atoms with E-state index in [2.05, 4.69) is 25.4 Å². The molecule has 8 nitrogen and oxygen atoms in total. The second-order valence-corrected chi connectivity index (χ2v) is 5.94. The number of ether oxygens (including phenoxy) is 1. The Morgan fingerprint density at radius 1 is 1.32 bits per heavy atom. The third kappa shape index (κ3) is 2.86. The highest BCUT2D eigenvalue weighted by molar-refractivity contribution is 5.94. The molecule has 1 aliphatic rings. The maximum atomic E-state index is 12.4. The number of fused-ring (bicyclic) bond motifs is 1. The van der Waals surface area contributed by atoms with Crippen LogP contribution >= 0.6 is 0 Å². The third-order valence-electron chi connectivity index (χ3n) is 4.26. The molecule has 8 heteroatoms. The first-order chi connectivity index (χ1) is 12.1. The number of methoxy groups -OCH3 is 1. The minimum atomic E-state index is -0.205. The number of aryl methyl sites for hydroxylation is 1. The van der Waals surface area contributed by atoms with Crippen LogP contribution in [-0.2, 0) is 6.42 Å². The lowest BCUT2D eigenvalue weighted by Crippen LogP contribution is -2.26. The van der Waals surface area contributed by atoms with Crippen molar-refractivity contribution >= 4 is 5.91 Å². The van der Waals surface area contributed by atoms with Gasteiger partial charge in [-0.3, -0.25) is 4.79 Å². The monoisotopic (exact) mass is 339 g/mol. The Morgan fingerprint density at radius 2 is 2.20 bits per heavy atom. The molecule has 3 heterocycles. The van der Waals surface area contributed by atoms with Crippen molar-refractivity contribution in [1.29, 1.82) is 0 Å². The quantitative estimate of drug-likeness (QED) is 0.754. The number of hydrogen-bond acceptors (Lipinski definition) is 6. The summed E-state index contributed by atoms with van der Waals surface area (Å²) in [6.45, 7) is 2.24. The fourth-order valence-electron chi connectivity index (χ4n) is 3.00. The summed E-state index contributed by atoms with van der Waals surface area (Å²) in [5.41, 5.74) is 2.24. The van der Waals surface area contributed by atoms with Gasteiger partial charge in [0.25, 0.3) is 5.91 Å². The Balaban J connectivity index is 1.68. The van der Waals surface area contributed by atoms with Crippen LogP contribution in [0.1, 0.15) is 33.6 Å². The summed E-state index contributed by atoms with van der Waals surface area (Å²) in [6.07, 6.45) is 0.644. The van der Waals surface area contributed by atoms with Crippen molar-refractivity contribution in [2.45, 2.75) is 19.3 Å². The van der Waals surface area contributed by atoms with Crippen molar-refractivity contribution in [2.24, 2.45) is 0 Å². The number of nitrogens with one attached hydrogen (secondary N) is 2. The molecule has 1 atom stereocenters. The SMILES string of the molecule is COc1cccc([C@@H]2CNC(=O)c3nc(-c4noc(C)n4)[nH]c3C2)c1. The number of aromatic amines is 1. The first kappa shape index (κ1) is 15.4. The molecule has 0 saturated heterocycles. The van der Waals surface area contributed by atoms with Crippen LogP contribution in [0, 0.1) is 6.92 Å². The molecule has 0 aliphatic carbocycles. The van der Waals surface area contributed by atoms with Crippen LogP contribution in [0.5, 0.6) is 5.75 Å². The molecule has 0 radical (unpaired) electrons. The van der Waals surface area contributed by atoms with Crippen LogP contribution in [0.3, 0.4) is 0 Å². The van der Waals surface area contributed by atoms with Crippen LogP contribution in [0.25, 0.3) is 11.6 Å². The van der Waals surface area contributed by atoms with Gasteiger partial charge in [0.15, 0.2) is 5.82 Å². The van der Waals surface area contributed by atoms with Gasteiger partial charge < -0.3 is 19.6 Å². The Kier molecular flexibility index (Phi) is 3.72. The summed E-state index contributed by atoms with van der Waals surface area (Å²) in [5.74, 6) is 1.92. The van der Waals surface area contributed by atoms with Gasteiger partial charge in [-0.1, -0.05) is 17.3 Å². The Hall–Kier alpha value is -3.16. The lowest BCUT2D eigenvalue weighted by Gasteiger charge is -2.15. The second kappa shape index (κ2) is 6.04. The molecule has 0 spiro atoms. The van der Waals surface area contributed by atoms with Crippen LogP contribution in [0.4, 0.5) is 0 Å². The smallest absolute Gasteiger partial charge is 0.271 e. The van der Waals surface area contributed by atoms with Crippen molar-refractivity contribution < 1.29 is 14.1 Å². The number of imidazole rings is 1. The molecule has 2 aromatic heterocycles. The topological polar surface area (TPSA) is 106 Å². The first-order valence-corrected chi connectivity index (χ1v) is 7.95. The van der Waals surface area contributed by atoms with Crippen molar-refractivity contribution in [2.75, 3.05) is 13.7 Å². The third-order valence-corrected chi connectivity index (χ3v) is 4.26. The van der Waals surface area contributed by atoms with E-state index in [0.29, 0.717) is 36.2 Å². The Labute approximate surface area is 143 Å². The number of amides is 1. The molecule has 0 unspecified atom stereocenters. The maximum Gasteiger partial charge on any atom is 0.271 e. The van der Waals surface area contributed by atoms with Crippen LogP contribution in [0.15, 0.2) is 28.8 Å². The molecule has 0 saturated carbocycles. The average molecular weight is 339 g/mol. The highest BCUT2D eigenvalue weighted by atomic mass is 16.5. The molecule has 1 aromatic carbocycles. The van der Waals surface area contributed by atoms with Crippen molar-refractivity contribution in [3.8, 4) is 17.4 Å². The number of nitrogens with zero attached hydrogens (tertiary/aromatic N) is 3. The summed E-state index contributed by atoms with van der Waals surface area (Å²) in [4.78, 5) is 24.1. The van der Waals surface area contributed by atoms with Gasteiger partial charge in [-0.2, -0.15) is 4.98 Å². The van der Waals surface area contributed by atoms with Crippen LogP contribution < -0.4 is 10.1 Å². The van der Waals surface area contributed by atoms with Gasteiger partial charge in [0, 0.05) is 25.1 Å². The van der Waals surface area contributed by atoms with Crippen LogP contribution in [-0.4, -0.2) is 39.7 Å². The van der Waals surface area contributed by atoms with E-state index >= 15 is 0 Å². The van der Waals surface area contributed by atoms with E-state index in [1.165, 1.54) is 0 Å². The highest BCUT2D eigenvalue weighted by Crippen LogP contribution is 2.28. The van der Waals surface area contributed by atoms with Crippen molar-refractivity contribution in [1.82, 2.24) is 25.4 Å². The summed E-state index contributed by atoms with van der Waals surface area (Å²) in [6, 6.07) is 7.87. The molecule has 1 amide bonds. The summed E-state index contributed by atoms with van der Waals surface area (Å²) >= 11 is 0. The normalized spacial score (nSPS) is 16.9. The van der Waals surface area contributed by atoms with Gasteiger partial charge in [-0.15, -0.1) is 0 Å². The largest absolute Gasteiger partial charge is 0.497 e. The van der Waals surface area contributed by atoms with Gasteiger partial charge in [0.05, 0.1) is 7.11 Å². The van der Waals surface area contributed by atoms with Gasteiger partial charge in [-0.05, 0) is 24.1 Å². The van der Waals surface area contributed by atoms with Gasteiger partial charge >= 0.3 is 0 Å². The van der Waals surface area contributed by atoms with Crippen LogP contribution in [0.2, 0.25) is 0 Å². The predicted molar refractivity (Wildman–Crippen MR) is 88.4 cm³/mol. The average Bonchev–Trinajstić information content (AvgIpc) is 3.21. The number of carbonyl (C=O) groups is 1. The summed E-state index contributed by atoms with van der Waals surface area (Å²) in [7, 11) is 1.64. The molecule has 128 valence electrons. The number of benzene rings is 1. The zero-order valence-electron chi connectivity index (χ0n) is 13.9. The first-order valence-electron chi connectivity index (χ1n) is 7.95. The minimum Gasteiger partial charge on any atom is -0.497 e.